The minimum atomic E-state index is -0.840. The first kappa shape index (κ1) is 27.8. The minimum Gasteiger partial charge on any atom is -0.478 e. The van der Waals surface area contributed by atoms with Crippen LogP contribution < -0.4 is 31.1 Å². The van der Waals surface area contributed by atoms with Crippen LogP contribution >= 0.6 is 0 Å². The SMILES string of the molecule is COC(=O)[C@H](C)NC(=O)COc1cc2cc(Nc3cc(N4C[C@@H](C)N[C@@H](C)C4)nc4ncnn34)ccc2n(C)c1=O. The number of nitrogens with one attached hydrogen (secondary N) is 3. The van der Waals surface area contributed by atoms with Crippen LogP contribution in [-0.4, -0.2) is 81.0 Å². The number of esters is 1. The van der Waals surface area contributed by atoms with Crippen molar-refractivity contribution in [3.8, 4) is 5.75 Å². The summed E-state index contributed by atoms with van der Waals surface area (Å²) in [6.45, 7) is 6.98. The molecule has 0 aliphatic carbocycles. The molecule has 4 aromatic rings. The summed E-state index contributed by atoms with van der Waals surface area (Å²) in [5.41, 5.74) is 1.03. The first-order valence-corrected chi connectivity index (χ1v) is 13.3. The van der Waals surface area contributed by atoms with Gasteiger partial charge < -0.3 is 34.9 Å². The molecule has 1 aromatic carbocycles. The summed E-state index contributed by atoms with van der Waals surface area (Å²) in [6, 6.07) is 8.89. The predicted molar refractivity (Wildman–Crippen MR) is 153 cm³/mol. The lowest BCUT2D eigenvalue weighted by Gasteiger charge is -2.37. The molecule has 5 rings (SSSR count). The number of pyridine rings is 1. The maximum absolute atomic E-state index is 12.9. The standard InChI is InChI=1S/C27H33N9O5/c1-15-11-35(12-16(2)30-15)22-10-23(36-27(33-22)28-14-29-36)32-19-6-7-20-18(8-19)9-21(25(38)34(20)4)41-13-24(37)31-17(3)26(39)40-5/h6-10,14-17,30,32H,11-13H2,1-5H3,(H,31,37)/t15-,16+,17-/m0/s1. The van der Waals surface area contributed by atoms with Crippen molar-refractivity contribution in [1.82, 2.24) is 34.8 Å². The molecule has 1 saturated heterocycles. The van der Waals surface area contributed by atoms with Crippen molar-refractivity contribution in [3.63, 3.8) is 0 Å². The van der Waals surface area contributed by atoms with E-state index in [1.165, 1.54) is 24.9 Å². The maximum atomic E-state index is 12.9. The molecule has 1 amide bonds. The van der Waals surface area contributed by atoms with E-state index in [4.69, 9.17) is 9.72 Å². The number of rotatable bonds is 8. The number of aromatic nitrogens is 5. The highest BCUT2D eigenvalue weighted by Gasteiger charge is 2.23. The van der Waals surface area contributed by atoms with Gasteiger partial charge in [-0.15, -0.1) is 0 Å². The Kier molecular flexibility index (Phi) is 7.75. The second-order valence-corrected chi connectivity index (χ2v) is 10.2. The van der Waals surface area contributed by atoms with Gasteiger partial charge in [-0.25, -0.2) is 4.79 Å². The molecule has 216 valence electrons. The molecule has 0 radical (unpaired) electrons. The van der Waals surface area contributed by atoms with Crippen LogP contribution in [0.15, 0.2) is 41.5 Å². The van der Waals surface area contributed by atoms with Gasteiger partial charge in [0.05, 0.1) is 12.6 Å². The highest BCUT2D eigenvalue weighted by atomic mass is 16.5. The number of carbonyl (C=O) groups excluding carboxylic acids is 2. The van der Waals surface area contributed by atoms with Crippen LogP contribution in [0.4, 0.5) is 17.3 Å². The monoisotopic (exact) mass is 563 g/mol. The van der Waals surface area contributed by atoms with Crippen LogP contribution in [0.25, 0.3) is 16.7 Å². The number of aryl methyl sites for hydroxylation is 1. The van der Waals surface area contributed by atoms with Crippen molar-refractivity contribution in [3.05, 3.63) is 47.0 Å². The van der Waals surface area contributed by atoms with Crippen LogP contribution in [0, 0.1) is 0 Å². The topological polar surface area (TPSA) is 157 Å². The fourth-order valence-electron chi connectivity index (χ4n) is 5.01. The second-order valence-electron chi connectivity index (χ2n) is 10.2. The van der Waals surface area contributed by atoms with Crippen LogP contribution in [-0.2, 0) is 21.4 Å². The molecule has 0 saturated carbocycles. The smallest absolute Gasteiger partial charge is 0.328 e. The summed E-state index contributed by atoms with van der Waals surface area (Å²) >= 11 is 0. The number of benzene rings is 1. The third kappa shape index (κ3) is 5.91. The molecule has 3 aromatic heterocycles. The Bertz CT molecular complexity index is 1660. The van der Waals surface area contributed by atoms with E-state index in [9.17, 15) is 14.4 Å². The van der Waals surface area contributed by atoms with Gasteiger partial charge in [0.15, 0.2) is 12.4 Å². The van der Waals surface area contributed by atoms with E-state index in [1.807, 2.05) is 24.3 Å². The number of carbonyl (C=O) groups is 2. The predicted octanol–water partition coefficient (Wildman–Crippen LogP) is 0.963. The summed E-state index contributed by atoms with van der Waals surface area (Å²) in [4.78, 5) is 47.9. The summed E-state index contributed by atoms with van der Waals surface area (Å²) in [7, 11) is 2.87. The van der Waals surface area contributed by atoms with E-state index in [2.05, 4.69) is 49.5 Å². The molecule has 14 heteroatoms. The number of hydrogen-bond acceptors (Lipinski definition) is 11. The number of ether oxygens (including phenoxy) is 2. The van der Waals surface area contributed by atoms with Gasteiger partial charge in [-0.05, 0) is 45.0 Å². The second kappa shape index (κ2) is 11.4. The molecule has 0 bridgehead atoms. The van der Waals surface area contributed by atoms with E-state index in [1.54, 1.807) is 17.6 Å². The van der Waals surface area contributed by atoms with Crippen molar-refractivity contribution in [2.24, 2.45) is 7.05 Å². The van der Waals surface area contributed by atoms with Crippen molar-refractivity contribution in [2.45, 2.75) is 38.9 Å². The lowest BCUT2D eigenvalue weighted by Crippen LogP contribution is -2.54. The Labute approximate surface area is 235 Å². The molecule has 3 N–H and O–H groups in total. The number of hydrogen-bond donors (Lipinski definition) is 3. The first-order chi connectivity index (χ1) is 19.6. The van der Waals surface area contributed by atoms with E-state index in [0.29, 0.717) is 34.6 Å². The number of fused-ring (bicyclic) bond motifs is 2. The third-order valence-electron chi connectivity index (χ3n) is 6.87. The van der Waals surface area contributed by atoms with E-state index in [-0.39, 0.29) is 5.75 Å². The molecule has 0 spiro atoms. The van der Waals surface area contributed by atoms with Crippen molar-refractivity contribution in [2.75, 3.05) is 37.0 Å². The molecular formula is C27H33N9O5. The Morgan fingerprint density at radius 1 is 1.17 bits per heavy atom. The van der Waals surface area contributed by atoms with E-state index >= 15 is 0 Å². The van der Waals surface area contributed by atoms with Crippen LogP contribution in [0.1, 0.15) is 20.8 Å². The lowest BCUT2D eigenvalue weighted by atomic mass is 10.1. The summed E-state index contributed by atoms with van der Waals surface area (Å²) in [5.74, 6) is 0.818. The minimum absolute atomic E-state index is 0.00447. The van der Waals surface area contributed by atoms with Crippen molar-refractivity contribution >= 4 is 45.9 Å². The first-order valence-electron chi connectivity index (χ1n) is 13.3. The Morgan fingerprint density at radius 3 is 2.66 bits per heavy atom. The quantitative estimate of drug-likeness (QED) is 0.262. The molecule has 3 atom stereocenters. The molecule has 1 fully saturated rings. The average molecular weight is 564 g/mol. The Balaban J connectivity index is 1.40. The van der Waals surface area contributed by atoms with Crippen molar-refractivity contribution < 1.29 is 19.1 Å². The van der Waals surface area contributed by atoms with E-state index in [0.717, 1.165) is 24.6 Å². The third-order valence-corrected chi connectivity index (χ3v) is 6.87. The van der Waals surface area contributed by atoms with Gasteiger partial charge in [0.2, 0.25) is 0 Å². The van der Waals surface area contributed by atoms with Crippen molar-refractivity contribution in [1.29, 1.82) is 0 Å². The lowest BCUT2D eigenvalue weighted by molar-refractivity contribution is -0.144. The molecular weight excluding hydrogens is 530 g/mol. The fourth-order valence-corrected chi connectivity index (χ4v) is 5.01. The van der Waals surface area contributed by atoms with E-state index < -0.39 is 30.1 Å². The average Bonchev–Trinajstić information content (AvgIpc) is 3.42. The molecule has 14 nitrogen and oxygen atoms in total. The molecule has 1 aliphatic rings. The molecule has 4 heterocycles. The number of methoxy groups -OCH3 is 1. The van der Waals surface area contributed by atoms with Crippen LogP contribution in [0.2, 0.25) is 0 Å². The summed E-state index contributed by atoms with van der Waals surface area (Å²) in [5, 5.41) is 14.5. The van der Waals surface area contributed by atoms with Gasteiger partial charge in [0.1, 0.15) is 24.0 Å². The van der Waals surface area contributed by atoms with Crippen LogP contribution in [0.3, 0.4) is 0 Å². The normalized spacial score (nSPS) is 17.8. The zero-order valence-corrected chi connectivity index (χ0v) is 23.5. The summed E-state index contributed by atoms with van der Waals surface area (Å²) < 4.78 is 13.2. The van der Waals surface area contributed by atoms with Gasteiger partial charge >= 0.3 is 5.97 Å². The van der Waals surface area contributed by atoms with Gasteiger partial charge in [-0.1, -0.05) is 0 Å². The maximum Gasteiger partial charge on any atom is 0.328 e. The summed E-state index contributed by atoms with van der Waals surface area (Å²) in [6.07, 6.45) is 1.46. The Hall–Kier alpha value is -4.72. The number of anilines is 3. The van der Waals surface area contributed by atoms with Gasteiger partial charge in [0, 0.05) is 49.4 Å². The highest BCUT2D eigenvalue weighted by Crippen LogP contribution is 2.26. The zero-order chi connectivity index (χ0) is 29.3. The fraction of sp³-hybridized carbons (Fsp3) is 0.407. The zero-order valence-electron chi connectivity index (χ0n) is 23.5. The number of nitrogens with zero attached hydrogens (tertiary/aromatic N) is 6. The van der Waals surface area contributed by atoms with Gasteiger partial charge in [-0.2, -0.15) is 19.6 Å². The number of piperazine rings is 1. The number of amides is 1. The largest absolute Gasteiger partial charge is 0.478 e. The Morgan fingerprint density at radius 2 is 1.93 bits per heavy atom. The van der Waals surface area contributed by atoms with Gasteiger partial charge in [-0.3, -0.25) is 9.59 Å². The van der Waals surface area contributed by atoms with Crippen LogP contribution in [0.5, 0.6) is 5.75 Å². The highest BCUT2D eigenvalue weighted by molar-refractivity contribution is 5.86. The van der Waals surface area contributed by atoms with Gasteiger partial charge in [0.25, 0.3) is 17.2 Å². The molecule has 1 aliphatic heterocycles. The molecule has 0 unspecified atom stereocenters. The molecule has 41 heavy (non-hydrogen) atoms.